The fourth-order valence-electron chi connectivity index (χ4n) is 1.29. The van der Waals surface area contributed by atoms with Crippen LogP contribution in [0.15, 0.2) is 35.2 Å². The molecule has 0 N–H and O–H groups in total. The lowest BCUT2D eigenvalue weighted by Gasteiger charge is -2.10. The topological polar surface area (TPSA) is 0 Å². The zero-order valence-corrected chi connectivity index (χ0v) is 11.2. The molecule has 0 nitrogen and oxygen atoms in total. The van der Waals surface area contributed by atoms with E-state index in [1.807, 2.05) is 11.8 Å². The van der Waals surface area contributed by atoms with Gasteiger partial charge in [0.1, 0.15) is 0 Å². The van der Waals surface area contributed by atoms with Gasteiger partial charge in [-0.1, -0.05) is 32.0 Å². The van der Waals surface area contributed by atoms with Crippen LogP contribution in [0.4, 0.5) is 0 Å². The van der Waals surface area contributed by atoms with Crippen molar-refractivity contribution in [1.29, 1.82) is 0 Å². The van der Waals surface area contributed by atoms with Crippen LogP contribution in [0.5, 0.6) is 0 Å². The van der Waals surface area contributed by atoms with Crippen LogP contribution < -0.4 is 0 Å². The number of thioether (sulfide) groups is 2. The standard InChI is InChI=1S/C13H20S2/c1-3-10-14-11-9-12(2)15-13-7-5-4-6-8-13/h4-8,12H,3,9-11H2,1-2H3. The number of hydrogen-bond donors (Lipinski definition) is 0. The number of benzene rings is 1. The average Bonchev–Trinajstić information content (AvgIpc) is 2.26. The first kappa shape index (κ1) is 13.0. The maximum atomic E-state index is 2.32. The van der Waals surface area contributed by atoms with E-state index in [9.17, 15) is 0 Å². The van der Waals surface area contributed by atoms with Gasteiger partial charge in [0.15, 0.2) is 0 Å². The van der Waals surface area contributed by atoms with E-state index in [4.69, 9.17) is 0 Å². The average molecular weight is 240 g/mol. The third kappa shape index (κ3) is 6.16. The predicted octanol–water partition coefficient (Wildman–Crippen LogP) is 4.70. The molecule has 2 heteroatoms. The number of rotatable bonds is 7. The smallest absolute Gasteiger partial charge is 0.00746 e. The van der Waals surface area contributed by atoms with Gasteiger partial charge in [0, 0.05) is 10.1 Å². The second-order valence-corrected chi connectivity index (χ2v) is 6.38. The van der Waals surface area contributed by atoms with Crippen molar-refractivity contribution in [2.24, 2.45) is 0 Å². The molecular formula is C13H20S2. The van der Waals surface area contributed by atoms with E-state index in [0.717, 1.165) is 5.25 Å². The zero-order valence-electron chi connectivity index (χ0n) is 9.61. The maximum absolute atomic E-state index is 2.32. The molecule has 0 radical (unpaired) electrons. The van der Waals surface area contributed by atoms with Gasteiger partial charge in [-0.2, -0.15) is 11.8 Å². The molecule has 1 atom stereocenters. The van der Waals surface area contributed by atoms with Crippen molar-refractivity contribution in [2.45, 2.75) is 36.8 Å². The highest BCUT2D eigenvalue weighted by Crippen LogP contribution is 2.25. The summed E-state index contributed by atoms with van der Waals surface area (Å²) in [5.41, 5.74) is 0. The van der Waals surface area contributed by atoms with Crippen molar-refractivity contribution in [1.82, 2.24) is 0 Å². The Kier molecular flexibility index (Phi) is 7.03. The van der Waals surface area contributed by atoms with Gasteiger partial charge in [0.05, 0.1) is 0 Å². The van der Waals surface area contributed by atoms with Crippen LogP contribution >= 0.6 is 23.5 Å². The highest BCUT2D eigenvalue weighted by molar-refractivity contribution is 8.00. The first-order valence-electron chi connectivity index (χ1n) is 5.62. The van der Waals surface area contributed by atoms with Gasteiger partial charge in [0.25, 0.3) is 0 Å². The van der Waals surface area contributed by atoms with E-state index in [0.29, 0.717) is 0 Å². The van der Waals surface area contributed by atoms with Crippen molar-refractivity contribution >= 4 is 23.5 Å². The molecule has 15 heavy (non-hydrogen) atoms. The Morgan fingerprint density at radius 1 is 1.13 bits per heavy atom. The summed E-state index contributed by atoms with van der Waals surface area (Å²) in [5, 5.41) is 0.733. The van der Waals surface area contributed by atoms with Crippen LogP contribution in [-0.2, 0) is 0 Å². The van der Waals surface area contributed by atoms with E-state index in [-0.39, 0.29) is 0 Å². The quantitative estimate of drug-likeness (QED) is 0.500. The van der Waals surface area contributed by atoms with E-state index >= 15 is 0 Å². The summed E-state index contributed by atoms with van der Waals surface area (Å²) >= 11 is 4.07. The summed E-state index contributed by atoms with van der Waals surface area (Å²) in [6.45, 7) is 4.57. The van der Waals surface area contributed by atoms with Gasteiger partial charge in [-0.05, 0) is 36.5 Å². The molecule has 0 aliphatic carbocycles. The normalized spacial score (nSPS) is 12.7. The van der Waals surface area contributed by atoms with Crippen LogP contribution in [-0.4, -0.2) is 16.8 Å². The summed E-state index contributed by atoms with van der Waals surface area (Å²) in [4.78, 5) is 1.39. The molecule has 84 valence electrons. The second-order valence-electron chi connectivity index (χ2n) is 3.64. The Hall–Kier alpha value is -0.0800. The molecule has 0 amide bonds. The minimum Gasteiger partial charge on any atom is -0.162 e. The summed E-state index contributed by atoms with van der Waals surface area (Å²) in [6, 6.07) is 10.7. The Morgan fingerprint density at radius 2 is 1.87 bits per heavy atom. The zero-order chi connectivity index (χ0) is 10.9. The van der Waals surface area contributed by atoms with Crippen LogP contribution in [0.1, 0.15) is 26.7 Å². The lowest BCUT2D eigenvalue weighted by molar-refractivity contribution is 0.914. The van der Waals surface area contributed by atoms with Crippen molar-refractivity contribution in [2.75, 3.05) is 11.5 Å². The SMILES string of the molecule is CCCSCCC(C)Sc1ccccc1. The molecule has 0 bridgehead atoms. The molecule has 1 aromatic rings. The largest absolute Gasteiger partial charge is 0.162 e. The molecule has 0 saturated carbocycles. The van der Waals surface area contributed by atoms with Crippen LogP contribution in [0.25, 0.3) is 0 Å². The summed E-state index contributed by atoms with van der Waals surface area (Å²) in [6.07, 6.45) is 2.61. The van der Waals surface area contributed by atoms with Gasteiger partial charge < -0.3 is 0 Å². The van der Waals surface area contributed by atoms with Gasteiger partial charge >= 0.3 is 0 Å². The van der Waals surface area contributed by atoms with Gasteiger partial charge in [-0.3, -0.25) is 0 Å². The van der Waals surface area contributed by atoms with Crippen molar-refractivity contribution in [3.8, 4) is 0 Å². The summed E-state index contributed by atoms with van der Waals surface area (Å²) < 4.78 is 0. The third-order valence-electron chi connectivity index (χ3n) is 2.10. The second kappa shape index (κ2) is 8.12. The summed E-state index contributed by atoms with van der Waals surface area (Å²) in [5.74, 6) is 2.61. The van der Waals surface area contributed by atoms with Crippen LogP contribution in [0, 0.1) is 0 Å². The van der Waals surface area contributed by atoms with E-state index < -0.39 is 0 Å². The molecular weight excluding hydrogens is 220 g/mol. The van der Waals surface area contributed by atoms with Crippen LogP contribution in [0.2, 0.25) is 0 Å². The minimum atomic E-state index is 0.733. The molecule has 0 aliphatic rings. The van der Waals surface area contributed by atoms with E-state index in [1.165, 1.54) is 29.2 Å². The molecule has 0 fully saturated rings. The fraction of sp³-hybridized carbons (Fsp3) is 0.538. The number of hydrogen-bond acceptors (Lipinski definition) is 2. The van der Waals surface area contributed by atoms with Gasteiger partial charge in [-0.25, -0.2) is 0 Å². The van der Waals surface area contributed by atoms with Crippen LogP contribution in [0.3, 0.4) is 0 Å². The van der Waals surface area contributed by atoms with E-state index in [2.05, 4.69) is 55.9 Å². The van der Waals surface area contributed by atoms with E-state index in [1.54, 1.807) is 0 Å². The molecule has 0 aromatic heterocycles. The molecule has 0 spiro atoms. The molecule has 1 unspecified atom stereocenters. The Labute approximate surface area is 102 Å². The first-order chi connectivity index (χ1) is 7.33. The minimum absolute atomic E-state index is 0.733. The molecule has 1 rings (SSSR count). The monoisotopic (exact) mass is 240 g/mol. The maximum Gasteiger partial charge on any atom is 0.00746 e. The third-order valence-corrected chi connectivity index (χ3v) is 4.50. The Balaban J connectivity index is 2.16. The Morgan fingerprint density at radius 3 is 2.53 bits per heavy atom. The Bertz CT molecular complexity index is 246. The predicted molar refractivity (Wildman–Crippen MR) is 74.0 cm³/mol. The highest BCUT2D eigenvalue weighted by Gasteiger charge is 2.03. The molecule has 1 aromatic carbocycles. The lowest BCUT2D eigenvalue weighted by atomic mass is 10.4. The van der Waals surface area contributed by atoms with Gasteiger partial charge in [0.2, 0.25) is 0 Å². The lowest BCUT2D eigenvalue weighted by Crippen LogP contribution is -1.98. The molecule has 0 heterocycles. The molecule has 0 aliphatic heterocycles. The van der Waals surface area contributed by atoms with Crippen molar-refractivity contribution < 1.29 is 0 Å². The van der Waals surface area contributed by atoms with Crippen molar-refractivity contribution in [3.63, 3.8) is 0 Å². The van der Waals surface area contributed by atoms with Crippen molar-refractivity contribution in [3.05, 3.63) is 30.3 Å². The fourth-order valence-corrected chi connectivity index (χ4v) is 3.46. The highest BCUT2D eigenvalue weighted by atomic mass is 32.2. The van der Waals surface area contributed by atoms with Gasteiger partial charge in [-0.15, -0.1) is 11.8 Å². The molecule has 0 saturated heterocycles. The first-order valence-corrected chi connectivity index (χ1v) is 7.65. The summed E-state index contributed by atoms with van der Waals surface area (Å²) in [7, 11) is 0.